The summed E-state index contributed by atoms with van der Waals surface area (Å²) in [4.78, 5) is 32.9. The van der Waals surface area contributed by atoms with Gasteiger partial charge in [-0.1, -0.05) is 32.0 Å². The first-order valence-electron chi connectivity index (χ1n) is 14.0. The highest BCUT2D eigenvalue weighted by atomic mass is 16.5. The van der Waals surface area contributed by atoms with Gasteiger partial charge in [0.25, 0.3) is 11.8 Å². The van der Waals surface area contributed by atoms with Crippen LogP contribution in [-0.4, -0.2) is 65.7 Å². The highest BCUT2D eigenvalue weighted by molar-refractivity contribution is 6.00. The number of methoxy groups -OCH3 is 1. The maximum atomic E-state index is 13.5. The van der Waals surface area contributed by atoms with Gasteiger partial charge in [0.15, 0.2) is 0 Å². The van der Waals surface area contributed by atoms with Crippen LogP contribution in [0, 0.1) is 6.92 Å². The van der Waals surface area contributed by atoms with Gasteiger partial charge in [-0.25, -0.2) is 0 Å². The first kappa shape index (κ1) is 30.8. The van der Waals surface area contributed by atoms with Crippen molar-refractivity contribution in [1.82, 2.24) is 20.5 Å². The van der Waals surface area contributed by atoms with Gasteiger partial charge in [0, 0.05) is 55.6 Å². The van der Waals surface area contributed by atoms with Crippen LogP contribution in [0.1, 0.15) is 64.2 Å². The molecule has 2 atom stereocenters. The van der Waals surface area contributed by atoms with Gasteiger partial charge in [0.2, 0.25) is 0 Å². The van der Waals surface area contributed by atoms with Crippen molar-refractivity contribution in [2.24, 2.45) is 0 Å². The molecule has 0 aliphatic heterocycles. The number of amides is 2. The van der Waals surface area contributed by atoms with Crippen LogP contribution in [-0.2, 0) is 13.0 Å². The maximum absolute atomic E-state index is 13.5. The molecule has 0 spiro atoms. The van der Waals surface area contributed by atoms with Crippen molar-refractivity contribution >= 4 is 11.8 Å². The Morgan fingerprint density at radius 3 is 2.42 bits per heavy atom. The van der Waals surface area contributed by atoms with Crippen molar-refractivity contribution in [1.29, 1.82) is 0 Å². The summed E-state index contributed by atoms with van der Waals surface area (Å²) in [6, 6.07) is 17.9. The maximum Gasteiger partial charge on any atom is 0.253 e. The second kappa shape index (κ2) is 15.7. The Morgan fingerprint density at radius 2 is 1.75 bits per heavy atom. The van der Waals surface area contributed by atoms with Crippen LogP contribution >= 0.6 is 0 Å². The van der Waals surface area contributed by atoms with Crippen LogP contribution in [0.4, 0.5) is 0 Å². The Morgan fingerprint density at radius 1 is 1.00 bits per heavy atom. The molecule has 3 aromatic rings. The largest absolute Gasteiger partial charge is 0.497 e. The van der Waals surface area contributed by atoms with E-state index in [1.165, 1.54) is 0 Å². The van der Waals surface area contributed by atoms with Gasteiger partial charge in [-0.15, -0.1) is 0 Å². The number of nitrogens with one attached hydrogen (secondary N) is 2. The number of carbonyl (C=O) groups is 2. The average molecular weight is 547 g/mol. The Balaban J connectivity index is 1.75. The Hall–Kier alpha value is -3.75. The first-order valence-corrected chi connectivity index (χ1v) is 14.0. The Labute approximate surface area is 237 Å². The second-order valence-electron chi connectivity index (χ2n) is 10.0. The van der Waals surface area contributed by atoms with Crippen molar-refractivity contribution in [2.45, 2.75) is 58.7 Å². The lowest BCUT2D eigenvalue weighted by atomic mass is 10.0. The van der Waals surface area contributed by atoms with E-state index in [0.717, 1.165) is 35.4 Å². The molecule has 3 rings (SSSR count). The van der Waals surface area contributed by atoms with Gasteiger partial charge in [0.1, 0.15) is 5.75 Å². The first-order chi connectivity index (χ1) is 19.3. The van der Waals surface area contributed by atoms with Gasteiger partial charge >= 0.3 is 0 Å². The molecule has 8 nitrogen and oxygen atoms in total. The third-order valence-corrected chi connectivity index (χ3v) is 6.61. The molecular weight excluding hydrogens is 504 g/mol. The fourth-order valence-electron chi connectivity index (χ4n) is 4.64. The standard InChI is InChI=1S/C32H42N4O4/c1-5-14-36(15-6-2)32(39)26-17-23(3)16-25(19-26)31(38)35-29(20-27-11-7-8-13-34-27)30(37)22-33-21-24-10-9-12-28(18-24)40-4/h7-13,16-19,29-30,33,37H,5-6,14-15,20-22H2,1-4H3,(H,35,38)/t29-,30+/m0/s1. The molecule has 214 valence electrons. The van der Waals surface area contributed by atoms with Gasteiger partial charge < -0.3 is 25.4 Å². The van der Waals surface area contributed by atoms with Crippen molar-refractivity contribution < 1.29 is 19.4 Å². The van der Waals surface area contributed by atoms with Gasteiger partial charge in [-0.05, 0) is 73.4 Å². The lowest BCUT2D eigenvalue weighted by molar-refractivity contribution is 0.0755. The predicted molar refractivity (Wildman–Crippen MR) is 158 cm³/mol. The van der Waals surface area contributed by atoms with E-state index in [2.05, 4.69) is 15.6 Å². The zero-order chi connectivity index (χ0) is 28.9. The van der Waals surface area contributed by atoms with Crippen LogP contribution in [0.25, 0.3) is 0 Å². The SMILES string of the molecule is CCCN(CCC)C(=O)c1cc(C)cc(C(=O)N[C@@H](Cc2ccccn2)[C@H](O)CNCc2cccc(OC)c2)c1. The molecule has 0 aliphatic rings. The van der Waals surface area contributed by atoms with E-state index in [9.17, 15) is 14.7 Å². The summed E-state index contributed by atoms with van der Waals surface area (Å²) in [6.07, 6.45) is 2.89. The zero-order valence-corrected chi connectivity index (χ0v) is 24.0. The normalized spacial score (nSPS) is 12.4. The predicted octanol–water partition coefficient (Wildman–Crippen LogP) is 4.15. The van der Waals surface area contributed by atoms with Crippen molar-refractivity contribution in [3.8, 4) is 5.75 Å². The lowest BCUT2D eigenvalue weighted by Gasteiger charge is -2.25. The zero-order valence-electron chi connectivity index (χ0n) is 24.0. The molecule has 0 saturated carbocycles. The Kier molecular flexibility index (Phi) is 12.1. The molecule has 1 aromatic heterocycles. The van der Waals surface area contributed by atoms with Gasteiger partial charge in [0.05, 0.1) is 19.3 Å². The fourth-order valence-corrected chi connectivity index (χ4v) is 4.64. The van der Waals surface area contributed by atoms with E-state index in [4.69, 9.17) is 4.74 Å². The summed E-state index contributed by atoms with van der Waals surface area (Å²) in [5.41, 5.74) is 3.49. The van der Waals surface area contributed by atoms with Crippen LogP contribution in [0.5, 0.6) is 5.75 Å². The third kappa shape index (κ3) is 9.17. The quantitative estimate of drug-likeness (QED) is 0.265. The number of aromatic nitrogens is 1. The van der Waals surface area contributed by atoms with Gasteiger partial charge in [-0.2, -0.15) is 0 Å². The second-order valence-corrected chi connectivity index (χ2v) is 10.0. The number of ether oxygens (including phenoxy) is 1. The molecule has 0 bridgehead atoms. The van der Waals surface area contributed by atoms with Crippen LogP contribution in [0.15, 0.2) is 66.9 Å². The van der Waals surface area contributed by atoms with Crippen molar-refractivity contribution in [3.63, 3.8) is 0 Å². The van der Waals surface area contributed by atoms with E-state index in [0.29, 0.717) is 37.2 Å². The van der Waals surface area contributed by atoms with E-state index in [1.54, 1.807) is 25.4 Å². The number of aliphatic hydroxyl groups is 1. The summed E-state index contributed by atoms with van der Waals surface area (Å²) in [5, 5.41) is 17.4. The van der Waals surface area contributed by atoms with Crippen LogP contribution in [0.3, 0.4) is 0 Å². The molecule has 0 fully saturated rings. The summed E-state index contributed by atoms with van der Waals surface area (Å²) in [5.74, 6) is 0.347. The number of rotatable bonds is 15. The third-order valence-electron chi connectivity index (χ3n) is 6.61. The minimum absolute atomic E-state index is 0.0757. The van der Waals surface area contributed by atoms with Crippen molar-refractivity contribution in [3.05, 3.63) is 94.8 Å². The molecular formula is C32H42N4O4. The summed E-state index contributed by atoms with van der Waals surface area (Å²) in [7, 11) is 1.63. The molecule has 40 heavy (non-hydrogen) atoms. The number of nitrogens with zero attached hydrogens (tertiary/aromatic N) is 2. The number of aryl methyl sites for hydroxylation is 1. The van der Waals surface area contributed by atoms with Crippen LogP contribution < -0.4 is 15.4 Å². The fraction of sp³-hybridized carbons (Fsp3) is 0.406. The number of pyridine rings is 1. The van der Waals surface area contributed by atoms with Crippen molar-refractivity contribution in [2.75, 3.05) is 26.7 Å². The number of aliphatic hydroxyl groups excluding tert-OH is 1. The smallest absolute Gasteiger partial charge is 0.253 e. The van der Waals surface area contributed by atoms with Gasteiger partial charge in [-0.3, -0.25) is 14.6 Å². The molecule has 2 amide bonds. The molecule has 0 aliphatic carbocycles. The van der Waals surface area contributed by atoms with E-state index >= 15 is 0 Å². The molecule has 2 aromatic carbocycles. The lowest BCUT2D eigenvalue weighted by Crippen LogP contribution is -2.48. The van der Waals surface area contributed by atoms with E-state index < -0.39 is 12.1 Å². The molecule has 8 heteroatoms. The minimum atomic E-state index is -0.882. The molecule has 1 heterocycles. The molecule has 3 N–H and O–H groups in total. The summed E-state index contributed by atoms with van der Waals surface area (Å²) in [6.45, 7) is 8.10. The summed E-state index contributed by atoms with van der Waals surface area (Å²) < 4.78 is 5.29. The average Bonchev–Trinajstić information content (AvgIpc) is 2.96. The number of benzene rings is 2. The van der Waals surface area contributed by atoms with Crippen LogP contribution in [0.2, 0.25) is 0 Å². The molecule has 0 radical (unpaired) electrons. The van der Waals surface area contributed by atoms with E-state index in [1.807, 2.05) is 74.2 Å². The Bertz CT molecular complexity index is 1230. The number of hydrogen-bond donors (Lipinski definition) is 3. The number of carbonyl (C=O) groups excluding carboxylic acids is 2. The topological polar surface area (TPSA) is 104 Å². The van der Waals surface area contributed by atoms with E-state index in [-0.39, 0.29) is 18.4 Å². The summed E-state index contributed by atoms with van der Waals surface area (Å²) >= 11 is 0. The number of hydrogen-bond acceptors (Lipinski definition) is 6. The molecule has 0 unspecified atom stereocenters. The highest BCUT2D eigenvalue weighted by Gasteiger charge is 2.24. The highest BCUT2D eigenvalue weighted by Crippen LogP contribution is 2.15. The monoisotopic (exact) mass is 546 g/mol. The minimum Gasteiger partial charge on any atom is -0.497 e. The molecule has 0 saturated heterocycles.